The van der Waals surface area contributed by atoms with Crippen LogP contribution in [-0.4, -0.2) is 27.8 Å². The maximum Gasteiger partial charge on any atom is 0.271 e. The highest BCUT2D eigenvalue weighted by Crippen LogP contribution is 2.34. The lowest BCUT2D eigenvalue weighted by molar-refractivity contribution is 0.395. The Balaban J connectivity index is 1.89. The number of hydrogen-bond donors (Lipinski definition) is 1. The maximum atomic E-state index is 12.6. The van der Waals surface area contributed by atoms with Gasteiger partial charge >= 0.3 is 0 Å². The number of hydrogen-bond acceptors (Lipinski definition) is 7. The molecule has 0 spiro atoms. The Kier molecular flexibility index (Phi) is 4.69. The van der Waals surface area contributed by atoms with Crippen LogP contribution >= 0.6 is 11.3 Å². The molecule has 132 valence electrons. The third-order valence-corrected chi connectivity index (χ3v) is 6.33. The molecular weight excluding hydrogens is 364 g/mol. The zero-order chi connectivity index (χ0) is 18.0. The van der Waals surface area contributed by atoms with Crippen LogP contribution in [0.2, 0.25) is 0 Å². The van der Waals surface area contributed by atoms with Crippen molar-refractivity contribution in [3.05, 3.63) is 42.1 Å². The summed E-state index contributed by atoms with van der Waals surface area (Å²) in [6.45, 7) is 1.80. The van der Waals surface area contributed by atoms with Crippen molar-refractivity contribution in [3.63, 3.8) is 0 Å². The number of benzene rings is 1. The van der Waals surface area contributed by atoms with Gasteiger partial charge in [0.25, 0.3) is 10.0 Å². The molecule has 9 heteroatoms. The Morgan fingerprint density at radius 2 is 1.92 bits per heavy atom. The van der Waals surface area contributed by atoms with E-state index in [0.29, 0.717) is 27.8 Å². The van der Waals surface area contributed by atoms with Crippen molar-refractivity contribution in [1.29, 1.82) is 0 Å². The third kappa shape index (κ3) is 3.62. The minimum Gasteiger partial charge on any atom is -0.497 e. The lowest BCUT2D eigenvalue weighted by atomic mass is 10.3. The Morgan fingerprint density at radius 3 is 2.56 bits per heavy atom. The number of aromatic nitrogens is 1. The topological polar surface area (TPSA) is 90.7 Å². The Bertz CT molecular complexity index is 992. The quantitative estimate of drug-likeness (QED) is 0.703. The van der Waals surface area contributed by atoms with E-state index in [9.17, 15) is 8.42 Å². The molecule has 3 aromatic rings. The molecule has 0 saturated heterocycles. The van der Waals surface area contributed by atoms with E-state index in [1.807, 2.05) is 0 Å². The summed E-state index contributed by atoms with van der Waals surface area (Å²) in [5.41, 5.74) is 1.06. The minimum absolute atomic E-state index is 0.162. The molecule has 0 unspecified atom stereocenters. The highest BCUT2D eigenvalue weighted by Gasteiger charge is 2.20. The normalized spacial score (nSPS) is 11.3. The molecule has 0 amide bonds. The summed E-state index contributed by atoms with van der Waals surface area (Å²) in [4.78, 5) is 0.683. The van der Waals surface area contributed by atoms with Crippen molar-refractivity contribution in [2.45, 2.75) is 11.1 Å². The van der Waals surface area contributed by atoms with Crippen LogP contribution in [0.25, 0.3) is 10.6 Å². The van der Waals surface area contributed by atoms with Crippen molar-refractivity contribution >= 4 is 27.0 Å². The Labute approximate surface area is 149 Å². The number of thiophene rings is 1. The molecule has 2 heterocycles. The Hall–Kier alpha value is -2.52. The predicted octanol–water partition coefficient (Wildman–Crippen LogP) is 3.53. The van der Waals surface area contributed by atoms with Crippen LogP contribution in [0.1, 0.15) is 5.69 Å². The van der Waals surface area contributed by atoms with E-state index >= 15 is 0 Å². The summed E-state index contributed by atoms with van der Waals surface area (Å²) < 4.78 is 43.5. The summed E-state index contributed by atoms with van der Waals surface area (Å²) in [6.07, 6.45) is 0. The summed E-state index contributed by atoms with van der Waals surface area (Å²) in [7, 11) is -0.775. The summed E-state index contributed by atoms with van der Waals surface area (Å²) in [5, 5.41) is 3.81. The van der Waals surface area contributed by atoms with E-state index in [1.54, 1.807) is 37.3 Å². The average molecular weight is 380 g/mol. The number of nitrogens with one attached hydrogen (secondary N) is 1. The molecule has 0 atom stereocenters. The second-order valence-corrected chi connectivity index (χ2v) is 8.12. The molecular formula is C16H16N2O5S2. The van der Waals surface area contributed by atoms with Crippen LogP contribution < -0.4 is 14.2 Å². The largest absolute Gasteiger partial charge is 0.497 e. The first kappa shape index (κ1) is 17.3. The van der Waals surface area contributed by atoms with Crippen LogP contribution in [0.5, 0.6) is 11.5 Å². The van der Waals surface area contributed by atoms with Crippen molar-refractivity contribution in [1.82, 2.24) is 5.16 Å². The van der Waals surface area contributed by atoms with Gasteiger partial charge in [0, 0.05) is 12.1 Å². The highest BCUT2D eigenvalue weighted by molar-refractivity contribution is 7.94. The zero-order valence-corrected chi connectivity index (χ0v) is 15.4. The second kappa shape index (κ2) is 6.77. The molecule has 1 N–H and O–H groups in total. The third-order valence-electron chi connectivity index (χ3n) is 3.37. The van der Waals surface area contributed by atoms with Crippen molar-refractivity contribution in [3.8, 4) is 22.1 Å². The lowest BCUT2D eigenvalue weighted by Crippen LogP contribution is -2.12. The first-order chi connectivity index (χ1) is 11.9. The van der Waals surface area contributed by atoms with Gasteiger partial charge in [-0.1, -0.05) is 5.16 Å². The van der Waals surface area contributed by atoms with Crippen LogP contribution in [0.4, 0.5) is 5.69 Å². The molecule has 7 nitrogen and oxygen atoms in total. The van der Waals surface area contributed by atoms with Gasteiger partial charge in [-0.2, -0.15) is 0 Å². The van der Waals surface area contributed by atoms with Gasteiger partial charge in [0.15, 0.2) is 5.76 Å². The molecule has 25 heavy (non-hydrogen) atoms. The van der Waals surface area contributed by atoms with E-state index in [-0.39, 0.29) is 4.21 Å². The van der Waals surface area contributed by atoms with E-state index < -0.39 is 10.0 Å². The lowest BCUT2D eigenvalue weighted by Gasteiger charge is -2.12. The fraction of sp³-hybridized carbons (Fsp3) is 0.188. The van der Waals surface area contributed by atoms with Crippen LogP contribution in [-0.2, 0) is 10.0 Å². The van der Waals surface area contributed by atoms with Gasteiger partial charge in [0.05, 0.1) is 30.5 Å². The second-order valence-electron chi connectivity index (χ2n) is 5.12. The maximum absolute atomic E-state index is 12.6. The molecule has 0 bridgehead atoms. The fourth-order valence-corrected chi connectivity index (χ4v) is 4.48. The number of rotatable bonds is 6. The van der Waals surface area contributed by atoms with E-state index in [1.165, 1.54) is 20.3 Å². The smallest absolute Gasteiger partial charge is 0.271 e. The molecule has 0 aliphatic carbocycles. The van der Waals surface area contributed by atoms with E-state index in [0.717, 1.165) is 17.0 Å². The SMILES string of the molecule is COc1ccc(NS(=O)(=O)c2ccc(-c3cc(C)no3)s2)c(OC)c1. The van der Waals surface area contributed by atoms with Gasteiger partial charge in [-0.25, -0.2) is 8.42 Å². The molecule has 3 rings (SSSR count). The average Bonchev–Trinajstić information content (AvgIpc) is 3.24. The molecule has 0 fully saturated rings. The molecule has 0 radical (unpaired) electrons. The van der Waals surface area contributed by atoms with Crippen LogP contribution in [0.15, 0.2) is 45.1 Å². The van der Waals surface area contributed by atoms with Crippen molar-refractivity contribution < 1.29 is 22.4 Å². The molecule has 0 aliphatic rings. The summed E-state index contributed by atoms with van der Waals surface area (Å²) in [6, 6.07) is 9.80. The van der Waals surface area contributed by atoms with Crippen molar-refractivity contribution in [2.24, 2.45) is 0 Å². The summed E-state index contributed by atoms with van der Waals surface area (Å²) >= 11 is 1.10. The number of ether oxygens (including phenoxy) is 2. The number of sulfonamides is 1. The van der Waals surface area contributed by atoms with Crippen LogP contribution in [0.3, 0.4) is 0 Å². The summed E-state index contributed by atoms with van der Waals surface area (Å²) in [5.74, 6) is 1.47. The van der Waals surface area contributed by atoms with Crippen LogP contribution in [0, 0.1) is 6.92 Å². The number of methoxy groups -OCH3 is 2. The number of aryl methyl sites for hydroxylation is 1. The van der Waals surface area contributed by atoms with Gasteiger partial charge in [0.2, 0.25) is 0 Å². The number of nitrogens with zero attached hydrogens (tertiary/aromatic N) is 1. The van der Waals surface area contributed by atoms with Gasteiger partial charge in [-0.3, -0.25) is 4.72 Å². The van der Waals surface area contributed by atoms with Gasteiger partial charge in [-0.15, -0.1) is 11.3 Å². The minimum atomic E-state index is -3.76. The fourth-order valence-electron chi connectivity index (χ4n) is 2.15. The molecule has 2 aromatic heterocycles. The van der Waals surface area contributed by atoms with E-state index in [4.69, 9.17) is 14.0 Å². The number of anilines is 1. The Morgan fingerprint density at radius 1 is 1.12 bits per heavy atom. The highest BCUT2D eigenvalue weighted by atomic mass is 32.2. The predicted molar refractivity (Wildman–Crippen MR) is 94.9 cm³/mol. The first-order valence-corrected chi connectivity index (χ1v) is 9.51. The van der Waals surface area contributed by atoms with Gasteiger partial charge in [-0.05, 0) is 31.2 Å². The molecule has 0 aliphatic heterocycles. The zero-order valence-electron chi connectivity index (χ0n) is 13.8. The van der Waals surface area contributed by atoms with Crippen molar-refractivity contribution in [2.75, 3.05) is 18.9 Å². The monoisotopic (exact) mass is 380 g/mol. The molecule has 0 saturated carbocycles. The van der Waals surface area contributed by atoms with E-state index in [2.05, 4.69) is 9.88 Å². The first-order valence-electron chi connectivity index (χ1n) is 7.21. The molecule has 1 aromatic carbocycles. The van der Waals surface area contributed by atoms with Gasteiger partial charge in [0.1, 0.15) is 15.7 Å². The standard InChI is InChI=1S/C16H16N2O5S2/c1-10-8-14(23-17-10)15-6-7-16(24-15)25(19,20)18-12-5-4-11(21-2)9-13(12)22-3/h4-9,18H,1-3H3. The van der Waals surface area contributed by atoms with Gasteiger partial charge < -0.3 is 14.0 Å².